The summed E-state index contributed by atoms with van der Waals surface area (Å²) in [6.45, 7) is 0.515. The first-order valence-electron chi connectivity index (χ1n) is 7.26. The number of nitrogens with zero attached hydrogens (tertiary/aromatic N) is 3. The number of benzene rings is 1. The molecule has 1 aromatic carbocycles. The average molecular weight is 381 g/mol. The summed E-state index contributed by atoms with van der Waals surface area (Å²) in [4.78, 5) is 12.0. The maximum atomic E-state index is 12.0. The molecule has 0 aliphatic rings. The van der Waals surface area contributed by atoms with Gasteiger partial charge in [-0.3, -0.25) is 9.20 Å². The van der Waals surface area contributed by atoms with Gasteiger partial charge in [-0.2, -0.15) is 0 Å². The van der Waals surface area contributed by atoms with Crippen molar-refractivity contribution in [2.75, 3.05) is 12.3 Å². The Balaban J connectivity index is 1.47. The van der Waals surface area contributed by atoms with Crippen LogP contribution in [0.3, 0.4) is 0 Å². The van der Waals surface area contributed by atoms with Crippen LogP contribution in [0.4, 0.5) is 0 Å². The van der Waals surface area contributed by atoms with Crippen LogP contribution in [0.2, 0.25) is 10.0 Å². The number of amides is 1. The van der Waals surface area contributed by atoms with Gasteiger partial charge in [0, 0.05) is 22.8 Å². The minimum atomic E-state index is -0.0576. The van der Waals surface area contributed by atoms with Crippen LogP contribution in [0, 0.1) is 0 Å². The zero-order chi connectivity index (χ0) is 16.9. The van der Waals surface area contributed by atoms with Crippen LogP contribution in [0.1, 0.15) is 5.56 Å². The molecule has 3 rings (SSSR count). The minimum Gasteiger partial charge on any atom is -0.355 e. The van der Waals surface area contributed by atoms with Crippen LogP contribution in [-0.2, 0) is 11.2 Å². The van der Waals surface area contributed by atoms with Crippen molar-refractivity contribution in [3.05, 3.63) is 58.2 Å². The maximum absolute atomic E-state index is 12.0. The van der Waals surface area contributed by atoms with E-state index >= 15 is 0 Å². The lowest BCUT2D eigenvalue weighted by atomic mass is 10.1. The predicted molar refractivity (Wildman–Crippen MR) is 96.9 cm³/mol. The van der Waals surface area contributed by atoms with E-state index in [9.17, 15) is 4.79 Å². The molecule has 0 bridgehead atoms. The second-order valence-electron chi connectivity index (χ2n) is 5.04. The molecule has 0 saturated carbocycles. The average Bonchev–Trinajstić information content (AvgIpc) is 2.98. The molecular weight excluding hydrogens is 367 g/mol. The summed E-state index contributed by atoms with van der Waals surface area (Å²) in [7, 11) is 0. The summed E-state index contributed by atoms with van der Waals surface area (Å²) in [6.07, 6.45) is 2.53. The minimum absolute atomic E-state index is 0.0576. The van der Waals surface area contributed by atoms with Gasteiger partial charge in [-0.1, -0.05) is 47.1 Å². The first-order valence-corrected chi connectivity index (χ1v) is 9.01. The van der Waals surface area contributed by atoms with Crippen molar-refractivity contribution in [1.82, 2.24) is 19.9 Å². The van der Waals surface area contributed by atoms with Gasteiger partial charge in [0.15, 0.2) is 10.8 Å². The fourth-order valence-corrected chi connectivity index (χ4v) is 3.42. The zero-order valence-corrected chi connectivity index (χ0v) is 14.9. The quantitative estimate of drug-likeness (QED) is 0.664. The van der Waals surface area contributed by atoms with Gasteiger partial charge < -0.3 is 5.32 Å². The molecule has 124 valence electrons. The van der Waals surface area contributed by atoms with Gasteiger partial charge in [0.05, 0.1) is 5.75 Å². The number of carbonyl (C=O) groups excluding carboxylic acids is 1. The Labute approximate surface area is 153 Å². The highest BCUT2D eigenvalue weighted by Crippen LogP contribution is 2.21. The van der Waals surface area contributed by atoms with E-state index < -0.39 is 0 Å². The fraction of sp³-hybridized carbons (Fsp3) is 0.188. The van der Waals surface area contributed by atoms with Gasteiger partial charge >= 0.3 is 0 Å². The van der Waals surface area contributed by atoms with Crippen molar-refractivity contribution in [1.29, 1.82) is 0 Å². The Kier molecular flexibility index (Phi) is 5.60. The third-order valence-electron chi connectivity index (χ3n) is 3.35. The second kappa shape index (κ2) is 7.88. The summed E-state index contributed by atoms with van der Waals surface area (Å²) in [6, 6.07) is 11.0. The molecule has 0 fully saturated rings. The Morgan fingerprint density at radius 3 is 2.92 bits per heavy atom. The number of carbonyl (C=O) groups is 1. The maximum Gasteiger partial charge on any atom is 0.230 e. The first-order chi connectivity index (χ1) is 11.6. The molecule has 8 heteroatoms. The molecule has 5 nitrogen and oxygen atoms in total. The van der Waals surface area contributed by atoms with Crippen molar-refractivity contribution in [3.63, 3.8) is 0 Å². The Morgan fingerprint density at radius 2 is 2.08 bits per heavy atom. The first kappa shape index (κ1) is 17.1. The summed E-state index contributed by atoms with van der Waals surface area (Å²) in [5.41, 5.74) is 1.72. The fourth-order valence-electron chi connectivity index (χ4n) is 2.16. The number of pyridine rings is 1. The largest absolute Gasteiger partial charge is 0.355 e. The Hall–Kier alpha value is -1.76. The Bertz CT molecular complexity index is 868. The number of fused-ring (bicyclic) bond motifs is 1. The monoisotopic (exact) mass is 380 g/mol. The van der Waals surface area contributed by atoms with E-state index in [0.29, 0.717) is 28.2 Å². The molecule has 0 atom stereocenters. The summed E-state index contributed by atoms with van der Waals surface area (Å²) >= 11 is 13.3. The number of aromatic nitrogens is 3. The molecule has 0 unspecified atom stereocenters. The predicted octanol–water partition coefficient (Wildman–Crippen LogP) is 3.49. The van der Waals surface area contributed by atoms with Crippen molar-refractivity contribution >= 4 is 46.5 Å². The molecule has 0 saturated heterocycles. The molecule has 0 radical (unpaired) electrons. The van der Waals surface area contributed by atoms with Gasteiger partial charge in [0.2, 0.25) is 5.91 Å². The van der Waals surface area contributed by atoms with Gasteiger partial charge in [0.25, 0.3) is 0 Å². The third kappa shape index (κ3) is 4.20. The summed E-state index contributed by atoms with van der Waals surface area (Å²) < 4.78 is 1.85. The van der Waals surface area contributed by atoms with Gasteiger partial charge in [-0.05, 0) is 36.2 Å². The lowest BCUT2D eigenvalue weighted by Gasteiger charge is -2.07. The van der Waals surface area contributed by atoms with Gasteiger partial charge in [-0.25, -0.2) is 0 Å². The van der Waals surface area contributed by atoms with Crippen LogP contribution in [0.15, 0.2) is 47.8 Å². The molecule has 0 aliphatic heterocycles. The third-order valence-corrected chi connectivity index (χ3v) is 4.88. The van der Waals surface area contributed by atoms with Gasteiger partial charge in [0.1, 0.15) is 0 Å². The molecule has 1 N–H and O–H groups in total. The summed E-state index contributed by atoms with van der Waals surface area (Å²) in [5, 5.41) is 12.9. The van der Waals surface area contributed by atoms with Crippen molar-refractivity contribution < 1.29 is 4.79 Å². The van der Waals surface area contributed by atoms with Crippen LogP contribution in [-0.4, -0.2) is 32.8 Å². The molecule has 1 amide bonds. The molecule has 3 aromatic rings. The number of hydrogen-bond donors (Lipinski definition) is 1. The highest BCUT2D eigenvalue weighted by atomic mass is 35.5. The number of nitrogens with one attached hydrogen (secondary N) is 1. The number of halogens is 2. The molecule has 24 heavy (non-hydrogen) atoms. The number of rotatable bonds is 6. The van der Waals surface area contributed by atoms with E-state index in [1.165, 1.54) is 11.8 Å². The van der Waals surface area contributed by atoms with Crippen LogP contribution in [0.5, 0.6) is 0 Å². The Morgan fingerprint density at radius 1 is 1.21 bits per heavy atom. The van der Waals surface area contributed by atoms with Crippen molar-refractivity contribution in [2.45, 2.75) is 11.6 Å². The molecular formula is C16H14Cl2N4OS. The van der Waals surface area contributed by atoms with E-state index in [2.05, 4.69) is 15.5 Å². The van der Waals surface area contributed by atoms with E-state index in [1.807, 2.05) is 34.9 Å². The van der Waals surface area contributed by atoms with Crippen LogP contribution >= 0.6 is 35.0 Å². The van der Waals surface area contributed by atoms with Crippen LogP contribution < -0.4 is 5.32 Å². The van der Waals surface area contributed by atoms with Gasteiger partial charge in [-0.15, -0.1) is 10.2 Å². The number of thioether (sulfide) groups is 1. The summed E-state index contributed by atoms with van der Waals surface area (Å²) in [5.74, 6) is 0.224. The standard InChI is InChI=1S/C16H14Cl2N4OS/c17-12-5-4-11(13(18)9-12)6-7-19-15(23)10-24-16-21-20-14-3-1-2-8-22(14)16/h1-5,8-9H,6-7,10H2,(H,19,23). The van der Waals surface area contributed by atoms with Crippen LogP contribution in [0.25, 0.3) is 5.65 Å². The lowest BCUT2D eigenvalue weighted by molar-refractivity contribution is -0.118. The van der Waals surface area contributed by atoms with E-state index in [1.54, 1.807) is 12.1 Å². The van der Waals surface area contributed by atoms with E-state index in [0.717, 1.165) is 11.2 Å². The second-order valence-corrected chi connectivity index (χ2v) is 6.82. The highest BCUT2D eigenvalue weighted by Gasteiger charge is 2.09. The SMILES string of the molecule is O=C(CSc1nnc2ccccn12)NCCc1ccc(Cl)cc1Cl. The van der Waals surface area contributed by atoms with Crippen molar-refractivity contribution in [2.24, 2.45) is 0 Å². The smallest absolute Gasteiger partial charge is 0.230 e. The zero-order valence-electron chi connectivity index (χ0n) is 12.6. The lowest BCUT2D eigenvalue weighted by Crippen LogP contribution is -2.27. The molecule has 2 heterocycles. The molecule has 0 aliphatic carbocycles. The highest BCUT2D eigenvalue weighted by molar-refractivity contribution is 7.99. The molecule has 2 aromatic heterocycles. The normalized spacial score (nSPS) is 10.9. The van der Waals surface area contributed by atoms with E-state index in [-0.39, 0.29) is 11.7 Å². The van der Waals surface area contributed by atoms with Crippen molar-refractivity contribution in [3.8, 4) is 0 Å². The van der Waals surface area contributed by atoms with E-state index in [4.69, 9.17) is 23.2 Å². The number of hydrogen-bond acceptors (Lipinski definition) is 4. The topological polar surface area (TPSA) is 59.3 Å². The molecule has 0 spiro atoms.